The quantitative estimate of drug-likeness (QED) is 0.163. The van der Waals surface area contributed by atoms with Crippen molar-refractivity contribution < 1.29 is 8.98 Å². The van der Waals surface area contributed by atoms with Gasteiger partial charge in [0.25, 0.3) is 0 Å². The fourth-order valence-electron chi connectivity index (χ4n) is 6.96. The topological polar surface area (TPSA) is 42.3 Å². The Morgan fingerprint density at radius 3 is 2.60 bits per heavy atom. The van der Waals surface area contributed by atoms with Crippen LogP contribution in [-0.4, -0.2) is 16.7 Å². The molecule has 202 valence electrons. The molecule has 5 heterocycles. The van der Waals surface area contributed by atoms with Gasteiger partial charge in [0.05, 0.1) is 22.7 Å². The molecule has 3 aromatic carbocycles. The van der Waals surface area contributed by atoms with Gasteiger partial charge in [-0.1, -0.05) is 67.8 Å². The standard InChI is InChI=1S/C38H30N3O/c1-3-33-29-14-8-7-13-28(29)30-17-16-26-21-35-32(36-27(18-19-39-38(36)42-35)25-11-5-4-6-12-25)22-31(26)34-15-9-10-20-41(34)23-24(2)37(30)40-33/h3-15,18-22,30,37H,1-2,16-17,23H2/q+1. The van der Waals surface area contributed by atoms with E-state index in [2.05, 4.69) is 114 Å². The molecule has 4 heteroatoms. The highest BCUT2D eigenvalue weighted by Crippen LogP contribution is 2.42. The van der Waals surface area contributed by atoms with Crippen LogP contribution in [0.5, 0.6) is 0 Å². The molecule has 2 atom stereocenters. The van der Waals surface area contributed by atoms with Crippen molar-refractivity contribution >= 4 is 27.8 Å². The number of allylic oxidation sites excluding steroid dienone is 1. The summed E-state index contributed by atoms with van der Waals surface area (Å²) >= 11 is 0. The molecule has 4 nitrogen and oxygen atoms in total. The van der Waals surface area contributed by atoms with E-state index in [0.29, 0.717) is 12.3 Å². The van der Waals surface area contributed by atoms with Gasteiger partial charge in [0.1, 0.15) is 5.58 Å². The summed E-state index contributed by atoms with van der Waals surface area (Å²) in [7, 11) is 0. The zero-order chi connectivity index (χ0) is 28.2. The number of aryl methyl sites for hydroxylation is 1. The Kier molecular flexibility index (Phi) is 5.75. The minimum atomic E-state index is -0.0115. The minimum absolute atomic E-state index is 0.0115. The number of benzene rings is 3. The van der Waals surface area contributed by atoms with Gasteiger partial charge in [-0.15, -0.1) is 0 Å². The number of hydrogen-bond donors (Lipinski definition) is 0. The number of aliphatic imine (C=N–C) groups is 1. The number of aromatic nitrogens is 2. The Labute approximate surface area is 245 Å². The van der Waals surface area contributed by atoms with Crippen molar-refractivity contribution in [2.45, 2.75) is 31.3 Å². The molecular weight excluding hydrogens is 514 g/mol. The number of rotatable bonds is 2. The highest BCUT2D eigenvalue weighted by molar-refractivity contribution is 6.12. The van der Waals surface area contributed by atoms with Gasteiger partial charge in [0, 0.05) is 40.8 Å². The monoisotopic (exact) mass is 544 g/mol. The second kappa shape index (κ2) is 9.78. The van der Waals surface area contributed by atoms with Gasteiger partial charge in [-0.2, -0.15) is 4.57 Å². The lowest BCUT2D eigenvalue weighted by molar-refractivity contribution is -0.678. The summed E-state index contributed by atoms with van der Waals surface area (Å²) in [5, 5.41) is 2.14. The normalized spacial score (nSPS) is 18.0. The molecule has 2 aliphatic heterocycles. The molecule has 2 aliphatic rings. The highest BCUT2D eigenvalue weighted by Gasteiger charge is 2.35. The number of fused-ring (bicyclic) bond motifs is 9. The fraction of sp³-hybridized carbons (Fsp3) is 0.132. The van der Waals surface area contributed by atoms with Gasteiger partial charge >= 0.3 is 0 Å². The lowest BCUT2D eigenvalue weighted by Crippen LogP contribution is -2.41. The summed E-state index contributed by atoms with van der Waals surface area (Å²) in [4.78, 5) is 9.86. The largest absolute Gasteiger partial charge is 0.438 e. The van der Waals surface area contributed by atoms with Gasteiger partial charge < -0.3 is 4.42 Å². The Bertz CT molecular complexity index is 2070. The molecule has 2 unspecified atom stereocenters. The number of pyridine rings is 2. The van der Waals surface area contributed by atoms with Gasteiger partial charge in [-0.25, -0.2) is 4.98 Å². The smallest absolute Gasteiger partial charge is 0.227 e. The first-order valence-electron chi connectivity index (χ1n) is 14.5. The van der Waals surface area contributed by atoms with Gasteiger partial charge in [0.15, 0.2) is 12.7 Å². The van der Waals surface area contributed by atoms with Crippen LogP contribution in [0, 0.1) is 0 Å². The predicted molar refractivity (Wildman–Crippen MR) is 170 cm³/mol. The van der Waals surface area contributed by atoms with Crippen LogP contribution in [-0.2, 0) is 13.0 Å². The van der Waals surface area contributed by atoms with E-state index in [-0.39, 0.29) is 12.0 Å². The highest BCUT2D eigenvalue weighted by atomic mass is 16.3. The van der Waals surface area contributed by atoms with E-state index in [4.69, 9.17) is 9.41 Å². The molecule has 42 heavy (non-hydrogen) atoms. The maximum atomic E-state index is 6.44. The SMILES string of the molecule is C=CC1=NC2C(=C)C[n+]3ccccc3-c3cc4c(cc3CCC2c2ccccc21)oc1nccc(-c2ccccc2)c14. The zero-order valence-corrected chi connectivity index (χ0v) is 23.3. The van der Waals surface area contributed by atoms with E-state index >= 15 is 0 Å². The van der Waals surface area contributed by atoms with Crippen LogP contribution in [0.15, 0.2) is 138 Å². The van der Waals surface area contributed by atoms with E-state index in [9.17, 15) is 0 Å². The van der Waals surface area contributed by atoms with Crippen molar-refractivity contribution in [2.24, 2.45) is 4.99 Å². The van der Waals surface area contributed by atoms with Crippen molar-refractivity contribution in [2.75, 3.05) is 0 Å². The van der Waals surface area contributed by atoms with Gasteiger partial charge in [-0.05, 0) is 65.4 Å². The van der Waals surface area contributed by atoms with E-state index in [0.717, 1.165) is 57.3 Å². The van der Waals surface area contributed by atoms with Crippen LogP contribution in [0.1, 0.15) is 29.0 Å². The summed E-state index contributed by atoms with van der Waals surface area (Å²) in [6.45, 7) is 9.38. The molecule has 0 N–H and O–H groups in total. The summed E-state index contributed by atoms with van der Waals surface area (Å²) in [5.41, 5.74) is 12.1. The Balaban J connectivity index is 1.35. The van der Waals surface area contributed by atoms with E-state index in [1.807, 2.05) is 18.3 Å². The van der Waals surface area contributed by atoms with Crippen LogP contribution in [0.25, 0.3) is 44.5 Å². The number of nitrogens with zero attached hydrogens (tertiary/aromatic N) is 3. The van der Waals surface area contributed by atoms with Gasteiger partial charge in [0.2, 0.25) is 11.4 Å². The van der Waals surface area contributed by atoms with Crippen molar-refractivity contribution in [1.82, 2.24) is 4.98 Å². The lowest BCUT2D eigenvalue weighted by atomic mass is 9.77. The van der Waals surface area contributed by atoms with Crippen molar-refractivity contribution in [3.8, 4) is 22.4 Å². The van der Waals surface area contributed by atoms with Crippen LogP contribution in [0.2, 0.25) is 0 Å². The van der Waals surface area contributed by atoms with E-state index in [1.54, 1.807) is 0 Å². The molecule has 0 fully saturated rings. The lowest BCUT2D eigenvalue weighted by Gasteiger charge is -2.32. The fourth-order valence-corrected chi connectivity index (χ4v) is 6.96. The zero-order valence-electron chi connectivity index (χ0n) is 23.3. The van der Waals surface area contributed by atoms with Gasteiger partial charge in [-0.3, -0.25) is 4.99 Å². The molecule has 0 aliphatic carbocycles. The number of hydrogen-bond acceptors (Lipinski definition) is 3. The average Bonchev–Trinajstić information content (AvgIpc) is 3.41. The van der Waals surface area contributed by atoms with Crippen LogP contribution >= 0.6 is 0 Å². The molecule has 6 aromatic rings. The third-order valence-electron chi connectivity index (χ3n) is 8.90. The Morgan fingerprint density at radius 1 is 0.881 bits per heavy atom. The second-order valence-corrected chi connectivity index (χ2v) is 11.3. The first kappa shape index (κ1) is 24.7. The molecule has 0 amide bonds. The molecule has 8 rings (SSSR count). The Hall–Kier alpha value is -5.09. The summed E-state index contributed by atoms with van der Waals surface area (Å²) in [6, 6.07) is 32.2. The van der Waals surface area contributed by atoms with E-state index < -0.39 is 0 Å². The summed E-state index contributed by atoms with van der Waals surface area (Å²) < 4.78 is 8.76. The third-order valence-corrected chi connectivity index (χ3v) is 8.90. The Morgan fingerprint density at radius 2 is 1.71 bits per heavy atom. The minimum Gasteiger partial charge on any atom is -0.438 e. The first-order chi connectivity index (χ1) is 20.7. The van der Waals surface area contributed by atoms with Crippen LogP contribution in [0.3, 0.4) is 0 Å². The van der Waals surface area contributed by atoms with E-state index in [1.165, 1.54) is 22.3 Å². The third kappa shape index (κ3) is 3.87. The molecular formula is C38H30N3O+. The molecule has 0 spiro atoms. The molecule has 0 bridgehead atoms. The maximum absolute atomic E-state index is 6.44. The molecule has 0 radical (unpaired) electrons. The van der Waals surface area contributed by atoms with Crippen molar-refractivity contribution in [3.05, 3.63) is 145 Å². The first-order valence-corrected chi connectivity index (χ1v) is 14.5. The molecule has 0 saturated heterocycles. The predicted octanol–water partition coefficient (Wildman–Crippen LogP) is 8.25. The summed E-state index contributed by atoms with van der Waals surface area (Å²) in [5.74, 6) is 0.230. The van der Waals surface area contributed by atoms with Crippen LogP contribution < -0.4 is 4.57 Å². The van der Waals surface area contributed by atoms with Crippen LogP contribution in [0.4, 0.5) is 0 Å². The average molecular weight is 545 g/mol. The second-order valence-electron chi connectivity index (χ2n) is 11.3. The molecule has 3 aromatic heterocycles. The molecule has 0 saturated carbocycles. The maximum Gasteiger partial charge on any atom is 0.227 e. The number of furan rings is 1. The van der Waals surface area contributed by atoms with Crippen molar-refractivity contribution in [3.63, 3.8) is 0 Å². The summed E-state index contributed by atoms with van der Waals surface area (Å²) in [6.07, 6.45) is 7.72. The van der Waals surface area contributed by atoms with Crippen molar-refractivity contribution in [1.29, 1.82) is 0 Å².